The van der Waals surface area contributed by atoms with Crippen molar-refractivity contribution in [3.05, 3.63) is 32.2 Å². The molecule has 0 spiro atoms. The maximum absolute atomic E-state index is 12.5. The van der Waals surface area contributed by atoms with Crippen LogP contribution in [0.2, 0.25) is 0 Å². The Morgan fingerprint density at radius 2 is 2.25 bits per heavy atom. The molecule has 16 heavy (non-hydrogen) atoms. The van der Waals surface area contributed by atoms with Crippen LogP contribution in [0.15, 0.2) is 15.3 Å². The van der Waals surface area contributed by atoms with E-state index in [9.17, 15) is 18.4 Å². The molecule has 88 valence electrons. The first-order chi connectivity index (χ1) is 7.47. The molecule has 1 aromatic heterocycles. The number of hydrogen-bond donors (Lipinski definition) is 1. The lowest BCUT2D eigenvalue weighted by Crippen LogP contribution is -2.17. The number of esters is 1. The van der Waals surface area contributed by atoms with Crippen molar-refractivity contribution in [2.24, 2.45) is 0 Å². The van der Waals surface area contributed by atoms with Crippen LogP contribution in [-0.4, -0.2) is 17.6 Å². The Hall–Kier alpha value is -1.24. The fourth-order valence-corrected chi connectivity index (χ4v) is 1.40. The molecule has 0 aromatic carbocycles. The average Bonchev–Trinajstić information content (AvgIpc) is 2.21. The van der Waals surface area contributed by atoms with Crippen molar-refractivity contribution in [1.29, 1.82) is 0 Å². The van der Waals surface area contributed by atoms with Crippen molar-refractivity contribution in [2.75, 3.05) is 6.61 Å². The summed E-state index contributed by atoms with van der Waals surface area (Å²) in [6.07, 6.45) is -2.94. The molecule has 7 heteroatoms. The summed E-state index contributed by atoms with van der Waals surface area (Å²) in [5.41, 5.74) is -1.79. The van der Waals surface area contributed by atoms with Gasteiger partial charge in [0.1, 0.15) is 0 Å². The standard InChI is InChI=1S/C9H8BrF2NO3/c1-2-16-9(15)4-3-5(10)8(14)13-6(4)7(11)12/h3,7H,2H2,1H3,(H,13,14). The van der Waals surface area contributed by atoms with Crippen molar-refractivity contribution in [3.63, 3.8) is 0 Å². The fraction of sp³-hybridized carbons (Fsp3) is 0.333. The first-order valence-corrected chi connectivity index (χ1v) is 5.14. The number of aromatic nitrogens is 1. The second kappa shape index (κ2) is 5.20. The number of carbonyl (C=O) groups excluding carboxylic acids is 1. The highest BCUT2D eigenvalue weighted by atomic mass is 79.9. The second-order valence-electron chi connectivity index (χ2n) is 2.79. The van der Waals surface area contributed by atoms with E-state index in [-0.39, 0.29) is 16.6 Å². The molecule has 0 aliphatic carbocycles. The summed E-state index contributed by atoms with van der Waals surface area (Å²) in [6, 6.07) is 1.03. The van der Waals surface area contributed by atoms with Crippen molar-refractivity contribution >= 4 is 21.9 Å². The Balaban J connectivity index is 3.30. The van der Waals surface area contributed by atoms with E-state index >= 15 is 0 Å². The largest absolute Gasteiger partial charge is 0.462 e. The van der Waals surface area contributed by atoms with E-state index in [1.807, 2.05) is 4.98 Å². The monoisotopic (exact) mass is 295 g/mol. The van der Waals surface area contributed by atoms with E-state index in [4.69, 9.17) is 0 Å². The van der Waals surface area contributed by atoms with E-state index < -0.39 is 23.6 Å². The number of alkyl halides is 2. The zero-order valence-corrected chi connectivity index (χ0v) is 9.81. The van der Waals surface area contributed by atoms with E-state index in [1.54, 1.807) is 6.92 Å². The predicted octanol–water partition coefficient (Wildman–Crippen LogP) is 2.25. The molecule has 0 unspecified atom stereocenters. The maximum Gasteiger partial charge on any atom is 0.340 e. The van der Waals surface area contributed by atoms with E-state index in [0.717, 1.165) is 6.07 Å². The number of H-pyrrole nitrogens is 1. The van der Waals surface area contributed by atoms with Crippen LogP contribution in [0.3, 0.4) is 0 Å². The lowest BCUT2D eigenvalue weighted by Gasteiger charge is -2.07. The van der Waals surface area contributed by atoms with Crippen molar-refractivity contribution in [1.82, 2.24) is 4.98 Å². The number of carbonyl (C=O) groups is 1. The van der Waals surface area contributed by atoms with Gasteiger partial charge in [-0.3, -0.25) is 4.79 Å². The Kier molecular flexibility index (Phi) is 4.17. The Morgan fingerprint density at radius 3 is 2.75 bits per heavy atom. The highest BCUT2D eigenvalue weighted by Crippen LogP contribution is 2.22. The number of nitrogens with one attached hydrogen (secondary N) is 1. The van der Waals surface area contributed by atoms with Gasteiger partial charge in [0, 0.05) is 0 Å². The molecule has 0 saturated heterocycles. The van der Waals surface area contributed by atoms with E-state index in [1.165, 1.54) is 0 Å². The highest BCUT2D eigenvalue weighted by molar-refractivity contribution is 9.10. The third kappa shape index (κ3) is 2.66. The summed E-state index contributed by atoms with van der Waals surface area (Å²) >= 11 is 2.85. The van der Waals surface area contributed by atoms with Gasteiger partial charge in [0.2, 0.25) is 0 Å². The normalized spacial score (nSPS) is 10.6. The summed E-state index contributed by atoms with van der Waals surface area (Å²) in [6.45, 7) is 1.62. The molecule has 0 bridgehead atoms. The Morgan fingerprint density at radius 1 is 1.62 bits per heavy atom. The molecule has 1 aromatic rings. The molecule has 4 nitrogen and oxygen atoms in total. The summed E-state index contributed by atoms with van der Waals surface area (Å²) in [4.78, 5) is 24.4. The van der Waals surface area contributed by atoms with Crippen LogP contribution in [0.5, 0.6) is 0 Å². The van der Waals surface area contributed by atoms with Gasteiger partial charge in [-0.05, 0) is 28.9 Å². The first kappa shape index (κ1) is 12.8. The van der Waals surface area contributed by atoms with Crippen LogP contribution in [-0.2, 0) is 4.74 Å². The minimum absolute atomic E-state index is 0.0000435. The number of halogens is 3. The predicted molar refractivity (Wildman–Crippen MR) is 55.7 cm³/mol. The zero-order valence-electron chi connectivity index (χ0n) is 8.22. The summed E-state index contributed by atoms with van der Waals surface area (Å²) < 4.78 is 29.7. The number of rotatable bonds is 3. The summed E-state index contributed by atoms with van der Waals surface area (Å²) in [5.74, 6) is -0.894. The molecule has 0 aliphatic rings. The number of aromatic amines is 1. The lowest BCUT2D eigenvalue weighted by molar-refractivity contribution is 0.0513. The van der Waals surface area contributed by atoms with E-state index in [0.29, 0.717) is 0 Å². The third-order valence-electron chi connectivity index (χ3n) is 1.74. The summed E-state index contributed by atoms with van der Waals surface area (Å²) in [5, 5.41) is 0. The van der Waals surface area contributed by atoms with Crippen LogP contribution in [0.4, 0.5) is 8.78 Å². The van der Waals surface area contributed by atoms with Gasteiger partial charge in [-0.25, -0.2) is 13.6 Å². The Labute approximate surface area is 97.7 Å². The smallest absolute Gasteiger partial charge is 0.340 e. The minimum atomic E-state index is -2.94. The first-order valence-electron chi connectivity index (χ1n) is 4.35. The van der Waals surface area contributed by atoms with Crippen molar-refractivity contribution in [3.8, 4) is 0 Å². The molecular formula is C9H8BrF2NO3. The topological polar surface area (TPSA) is 59.2 Å². The number of pyridine rings is 1. The zero-order chi connectivity index (χ0) is 12.3. The van der Waals surface area contributed by atoms with Crippen LogP contribution in [0.25, 0.3) is 0 Å². The van der Waals surface area contributed by atoms with Gasteiger partial charge in [0.05, 0.1) is 22.3 Å². The molecule has 0 saturated carbocycles. The minimum Gasteiger partial charge on any atom is -0.462 e. The van der Waals surface area contributed by atoms with Gasteiger partial charge in [-0.2, -0.15) is 0 Å². The lowest BCUT2D eigenvalue weighted by atomic mass is 10.2. The average molecular weight is 296 g/mol. The van der Waals surface area contributed by atoms with Crippen LogP contribution in [0, 0.1) is 0 Å². The van der Waals surface area contributed by atoms with Crippen LogP contribution >= 0.6 is 15.9 Å². The van der Waals surface area contributed by atoms with Gasteiger partial charge in [0.25, 0.3) is 12.0 Å². The van der Waals surface area contributed by atoms with Crippen LogP contribution in [0.1, 0.15) is 29.4 Å². The molecule has 1 rings (SSSR count). The second-order valence-corrected chi connectivity index (χ2v) is 3.65. The molecule has 0 aliphatic heterocycles. The molecule has 0 radical (unpaired) electrons. The fourth-order valence-electron chi connectivity index (χ4n) is 1.07. The molecule has 0 amide bonds. The molecular weight excluding hydrogens is 288 g/mol. The number of hydrogen-bond acceptors (Lipinski definition) is 3. The summed E-state index contributed by atoms with van der Waals surface area (Å²) in [7, 11) is 0. The third-order valence-corrected chi connectivity index (χ3v) is 2.33. The van der Waals surface area contributed by atoms with Gasteiger partial charge < -0.3 is 9.72 Å². The Bertz CT molecular complexity index is 459. The van der Waals surface area contributed by atoms with E-state index in [2.05, 4.69) is 20.7 Å². The molecule has 0 atom stereocenters. The molecule has 0 fully saturated rings. The van der Waals surface area contributed by atoms with Gasteiger partial charge in [-0.15, -0.1) is 0 Å². The molecule has 1 N–H and O–H groups in total. The number of ether oxygens (including phenoxy) is 1. The van der Waals surface area contributed by atoms with Gasteiger partial charge >= 0.3 is 5.97 Å². The van der Waals surface area contributed by atoms with Crippen LogP contribution < -0.4 is 5.56 Å². The van der Waals surface area contributed by atoms with Crippen molar-refractivity contribution in [2.45, 2.75) is 13.3 Å². The maximum atomic E-state index is 12.5. The van der Waals surface area contributed by atoms with Crippen molar-refractivity contribution < 1.29 is 18.3 Å². The van der Waals surface area contributed by atoms with Gasteiger partial charge in [0.15, 0.2) is 0 Å². The quantitative estimate of drug-likeness (QED) is 0.870. The van der Waals surface area contributed by atoms with Gasteiger partial charge in [-0.1, -0.05) is 0 Å². The molecule has 1 heterocycles. The highest BCUT2D eigenvalue weighted by Gasteiger charge is 2.21. The SMILES string of the molecule is CCOC(=O)c1cc(Br)c(=O)[nH]c1C(F)F.